The first kappa shape index (κ1) is 9.41. The van der Waals surface area contributed by atoms with Crippen molar-refractivity contribution in [2.45, 2.75) is 32.2 Å². The largest absolute Gasteiger partial charge is 0.314 e. The Bertz CT molecular complexity index is 371. The maximum absolute atomic E-state index is 3.64. The van der Waals surface area contributed by atoms with Gasteiger partial charge in [-0.15, -0.1) is 0 Å². The average molecular weight is 201 g/mol. The van der Waals surface area contributed by atoms with Crippen molar-refractivity contribution in [2.24, 2.45) is 11.8 Å². The highest BCUT2D eigenvalue weighted by molar-refractivity contribution is 5.41. The SMILES string of the molecule is CCNC1C(C)C2c3ccccc3CC12. The van der Waals surface area contributed by atoms with Gasteiger partial charge in [-0.1, -0.05) is 38.1 Å². The number of nitrogens with one attached hydrogen (secondary N) is 1. The number of hydrogen-bond acceptors (Lipinski definition) is 1. The third-order valence-electron chi connectivity index (χ3n) is 4.37. The quantitative estimate of drug-likeness (QED) is 0.775. The lowest BCUT2D eigenvalue weighted by atomic mass is 9.62. The molecule has 80 valence electrons. The highest BCUT2D eigenvalue weighted by Crippen LogP contribution is 2.54. The molecule has 2 aliphatic rings. The van der Waals surface area contributed by atoms with E-state index in [-0.39, 0.29) is 0 Å². The average Bonchev–Trinajstić information content (AvgIpc) is 2.60. The van der Waals surface area contributed by atoms with Crippen LogP contribution in [0.2, 0.25) is 0 Å². The monoisotopic (exact) mass is 201 g/mol. The molecule has 3 rings (SSSR count). The zero-order valence-corrected chi connectivity index (χ0v) is 9.53. The van der Waals surface area contributed by atoms with Crippen LogP contribution < -0.4 is 5.32 Å². The van der Waals surface area contributed by atoms with Crippen LogP contribution in [0.25, 0.3) is 0 Å². The van der Waals surface area contributed by atoms with Crippen LogP contribution in [0.5, 0.6) is 0 Å². The molecule has 0 heterocycles. The van der Waals surface area contributed by atoms with Gasteiger partial charge in [0.2, 0.25) is 0 Å². The smallest absolute Gasteiger partial charge is 0.0136 e. The van der Waals surface area contributed by atoms with Gasteiger partial charge in [-0.25, -0.2) is 0 Å². The van der Waals surface area contributed by atoms with Crippen LogP contribution in [0.15, 0.2) is 24.3 Å². The van der Waals surface area contributed by atoms with Crippen molar-refractivity contribution >= 4 is 0 Å². The highest BCUT2D eigenvalue weighted by atomic mass is 15.0. The summed E-state index contributed by atoms with van der Waals surface area (Å²) in [5.74, 6) is 2.53. The maximum Gasteiger partial charge on any atom is 0.0136 e. The lowest BCUT2D eigenvalue weighted by molar-refractivity contribution is 0.0991. The van der Waals surface area contributed by atoms with Crippen LogP contribution in [0.4, 0.5) is 0 Å². The minimum Gasteiger partial charge on any atom is -0.314 e. The van der Waals surface area contributed by atoms with Crippen molar-refractivity contribution in [3.63, 3.8) is 0 Å². The highest BCUT2D eigenvalue weighted by Gasteiger charge is 2.51. The maximum atomic E-state index is 3.64. The molecule has 1 saturated carbocycles. The zero-order chi connectivity index (χ0) is 10.4. The molecule has 1 aromatic rings. The number of rotatable bonds is 2. The Morgan fingerprint density at radius 2 is 2.13 bits per heavy atom. The van der Waals surface area contributed by atoms with E-state index in [1.165, 1.54) is 6.42 Å². The normalized spacial score (nSPS) is 36.9. The van der Waals surface area contributed by atoms with Crippen LogP contribution in [0.3, 0.4) is 0 Å². The van der Waals surface area contributed by atoms with Crippen LogP contribution in [0.1, 0.15) is 30.9 Å². The third-order valence-corrected chi connectivity index (χ3v) is 4.37. The fourth-order valence-corrected chi connectivity index (χ4v) is 3.72. The fourth-order valence-electron chi connectivity index (χ4n) is 3.72. The molecule has 1 N–H and O–H groups in total. The zero-order valence-electron chi connectivity index (χ0n) is 9.53. The Kier molecular flexibility index (Phi) is 2.10. The second-order valence-corrected chi connectivity index (χ2v) is 5.04. The molecule has 0 amide bonds. The van der Waals surface area contributed by atoms with Gasteiger partial charge in [-0.2, -0.15) is 0 Å². The molecule has 0 aliphatic heterocycles. The predicted octanol–water partition coefficient (Wildman–Crippen LogP) is 2.57. The molecule has 1 aromatic carbocycles. The molecule has 0 spiro atoms. The first-order chi connectivity index (χ1) is 7.33. The van der Waals surface area contributed by atoms with Crippen LogP contribution in [-0.4, -0.2) is 12.6 Å². The molecular formula is C14H19N. The van der Waals surface area contributed by atoms with E-state index in [0.29, 0.717) is 0 Å². The second kappa shape index (κ2) is 3.34. The van der Waals surface area contributed by atoms with Gasteiger partial charge in [0.1, 0.15) is 0 Å². The molecule has 1 fully saturated rings. The molecule has 1 nitrogen and oxygen atoms in total. The van der Waals surface area contributed by atoms with Gasteiger partial charge in [0.25, 0.3) is 0 Å². The van der Waals surface area contributed by atoms with Crippen molar-refractivity contribution < 1.29 is 0 Å². The lowest BCUT2D eigenvalue weighted by Crippen LogP contribution is -2.54. The first-order valence-electron chi connectivity index (χ1n) is 6.14. The van der Waals surface area contributed by atoms with E-state index in [2.05, 4.69) is 43.4 Å². The minimum atomic E-state index is 0.757. The van der Waals surface area contributed by atoms with E-state index in [4.69, 9.17) is 0 Å². The van der Waals surface area contributed by atoms with Gasteiger partial charge in [0, 0.05) is 6.04 Å². The molecule has 4 unspecified atom stereocenters. The van der Waals surface area contributed by atoms with E-state index >= 15 is 0 Å². The van der Waals surface area contributed by atoms with Crippen molar-refractivity contribution in [2.75, 3.05) is 6.54 Å². The minimum absolute atomic E-state index is 0.757. The van der Waals surface area contributed by atoms with E-state index in [1.54, 1.807) is 11.1 Å². The van der Waals surface area contributed by atoms with Crippen molar-refractivity contribution in [3.8, 4) is 0 Å². The Morgan fingerprint density at radius 3 is 2.93 bits per heavy atom. The Balaban J connectivity index is 1.88. The summed E-state index contributed by atoms with van der Waals surface area (Å²) >= 11 is 0. The van der Waals surface area contributed by atoms with Gasteiger partial charge in [0.15, 0.2) is 0 Å². The van der Waals surface area contributed by atoms with E-state index in [0.717, 1.165) is 30.3 Å². The molecule has 4 atom stereocenters. The summed E-state index contributed by atoms with van der Waals surface area (Å²) in [4.78, 5) is 0. The van der Waals surface area contributed by atoms with Gasteiger partial charge in [-0.05, 0) is 41.8 Å². The van der Waals surface area contributed by atoms with E-state index < -0.39 is 0 Å². The van der Waals surface area contributed by atoms with E-state index in [1.807, 2.05) is 0 Å². The van der Waals surface area contributed by atoms with Crippen molar-refractivity contribution in [1.29, 1.82) is 0 Å². The van der Waals surface area contributed by atoms with Crippen molar-refractivity contribution in [1.82, 2.24) is 5.32 Å². The fraction of sp³-hybridized carbons (Fsp3) is 0.571. The number of hydrogen-bond donors (Lipinski definition) is 1. The van der Waals surface area contributed by atoms with Crippen molar-refractivity contribution in [3.05, 3.63) is 35.4 Å². The van der Waals surface area contributed by atoms with Gasteiger partial charge in [0.05, 0.1) is 0 Å². The lowest BCUT2D eigenvalue weighted by Gasteiger charge is -2.48. The summed E-state index contributed by atoms with van der Waals surface area (Å²) in [6.07, 6.45) is 1.29. The first-order valence-corrected chi connectivity index (χ1v) is 6.14. The predicted molar refractivity (Wildman–Crippen MR) is 63.0 cm³/mol. The van der Waals surface area contributed by atoms with Gasteiger partial charge < -0.3 is 5.32 Å². The Morgan fingerprint density at radius 1 is 1.33 bits per heavy atom. The summed E-state index contributed by atoms with van der Waals surface area (Å²) < 4.78 is 0. The molecular weight excluding hydrogens is 182 g/mol. The van der Waals surface area contributed by atoms with Crippen LogP contribution in [-0.2, 0) is 6.42 Å². The summed E-state index contributed by atoms with van der Waals surface area (Å²) in [5, 5.41) is 3.64. The summed E-state index contributed by atoms with van der Waals surface area (Å²) in [5.41, 5.74) is 3.23. The molecule has 1 heteroatoms. The summed E-state index contributed by atoms with van der Waals surface area (Å²) in [6.45, 7) is 5.72. The topological polar surface area (TPSA) is 12.0 Å². The standard InChI is InChI=1S/C14H19N/c1-3-15-14-9(2)13-11-7-5-4-6-10(11)8-12(13)14/h4-7,9,12-15H,3,8H2,1-2H3. The molecule has 0 bridgehead atoms. The summed E-state index contributed by atoms with van der Waals surface area (Å²) in [6, 6.07) is 9.76. The number of fused-ring (bicyclic) bond motifs is 3. The Labute approximate surface area is 91.9 Å². The van der Waals surface area contributed by atoms with Gasteiger partial charge >= 0.3 is 0 Å². The molecule has 0 aromatic heterocycles. The summed E-state index contributed by atoms with van der Waals surface area (Å²) in [7, 11) is 0. The third kappa shape index (κ3) is 1.19. The second-order valence-electron chi connectivity index (χ2n) is 5.04. The molecule has 0 radical (unpaired) electrons. The molecule has 15 heavy (non-hydrogen) atoms. The Hall–Kier alpha value is -0.820. The van der Waals surface area contributed by atoms with Crippen LogP contribution >= 0.6 is 0 Å². The van der Waals surface area contributed by atoms with E-state index in [9.17, 15) is 0 Å². The molecule has 0 saturated heterocycles. The molecule has 2 aliphatic carbocycles. The van der Waals surface area contributed by atoms with Gasteiger partial charge in [-0.3, -0.25) is 0 Å². The van der Waals surface area contributed by atoms with Crippen LogP contribution in [0, 0.1) is 11.8 Å². The number of benzene rings is 1.